The Kier molecular flexibility index (Phi) is 4.49. The molecule has 0 unspecified atom stereocenters. The summed E-state index contributed by atoms with van der Waals surface area (Å²) >= 11 is 0. The van der Waals surface area contributed by atoms with Crippen molar-refractivity contribution in [3.05, 3.63) is 52.8 Å². The van der Waals surface area contributed by atoms with Gasteiger partial charge in [0.05, 0.1) is 29.1 Å². The summed E-state index contributed by atoms with van der Waals surface area (Å²) in [5.74, 6) is 0.945. The van der Waals surface area contributed by atoms with Crippen LogP contribution < -0.4 is 10.1 Å². The minimum absolute atomic E-state index is 0.00396. The molecule has 0 aliphatic carbocycles. The largest absolute Gasteiger partial charge is 0.455 e. The lowest BCUT2D eigenvalue weighted by molar-refractivity contribution is -0.384. The highest BCUT2D eigenvalue weighted by Gasteiger charge is 2.07. The molecule has 0 amide bonds. The van der Waals surface area contributed by atoms with Crippen LogP contribution in [0.5, 0.6) is 11.5 Å². The quantitative estimate of drug-likeness (QED) is 0.642. The van der Waals surface area contributed by atoms with E-state index in [1.165, 1.54) is 12.1 Å². The van der Waals surface area contributed by atoms with Gasteiger partial charge in [0.1, 0.15) is 11.5 Å². The van der Waals surface area contributed by atoms with E-state index < -0.39 is 4.92 Å². The van der Waals surface area contributed by atoms with Crippen LogP contribution in [-0.4, -0.2) is 16.5 Å². The maximum atomic E-state index is 10.7. The third-order valence-electron chi connectivity index (χ3n) is 2.56. The number of benzene rings is 1. The van der Waals surface area contributed by atoms with Gasteiger partial charge in [-0.25, -0.2) is 0 Å². The molecule has 2 rings (SSSR count). The van der Waals surface area contributed by atoms with E-state index in [0.29, 0.717) is 11.5 Å². The standard InChI is InChI=1S/C14H15N3O3/c1-2-6-16-11-7-14(10-15-9-11)20-13-5-3-4-12(8-13)17(18)19/h3-5,7-10,16H,2,6H2,1H3. The van der Waals surface area contributed by atoms with E-state index in [0.717, 1.165) is 18.7 Å². The highest BCUT2D eigenvalue weighted by atomic mass is 16.6. The molecule has 0 bridgehead atoms. The number of nitro groups is 1. The number of rotatable bonds is 6. The van der Waals surface area contributed by atoms with Crippen LogP contribution in [0.4, 0.5) is 11.4 Å². The van der Waals surface area contributed by atoms with Crippen LogP contribution >= 0.6 is 0 Å². The lowest BCUT2D eigenvalue weighted by Gasteiger charge is -2.08. The molecule has 0 aliphatic heterocycles. The molecule has 1 N–H and O–H groups in total. The monoisotopic (exact) mass is 273 g/mol. The Morgan fingerprint density at radius 2 is 2.15 bits per heavy atom. The maximum Gasteiger partial charge on any atom is 0.273 e. The molecule has 2 aromatic rings. The average Bonchev–Trinajstić information content (AvgIpc) is 2.46. The summed E-state index contributed by atoms with van der Waals surface area (Å²) in [6, 6.07) is 7.86. The number of nitrogens with one attached hydrogen (secondary N) is 1. The van der Waals surface area contributed by atoms with Crippen molar-refractivity contribution >= 4 is 11.4 Å². The van der Waals surface area contributed by atoms with Gasteiger partial charge in [0.2, 0.25) is 0 Å². The Morgan fingerprint density at radius 3 is 2.90 bits per heavy atom. The summed E-state index contributed by atoms with van der Waals surface area (Å²) in [6.45, 7) is 2.92. The molecule has 20 heavy (non-hydrogen) atoms. The van der Waals surface area contributed by atoms with Crippen molar-refractivity contribution in [2.75, 3.05) is 11.9 Å². The van der Waals surface area contributed by atoms with Crippen LogP contribution in [0.2, 0.25) is 0 Å². The predicted molar refractivity (Wildman–Crippen MR) is 76.2 cm³/mol. The van der Waals surface area contributed by atoms with Gasteiger partial charge in [-0.2, -0.15) is 0 Å². The number of pyridine rings is 1. The minimum atomic E-state index is -0.454. The van der Waals surface area contributed by atoms with E-state index in [4.69, 9.17) is 4.74 Å². The van der Waals surface area contributed by atoms with Gasteiger partial charge in [-0.05, 0) is 12.5 Å². The van der Waals surface area contributed by atoms with Gasteiger partial charge in [0.25, 0.3) is 5.69 Å². The molecular formula is C14H15N3O3. The van der Waals surface area contributed by atoms with Gasteiger partial charge in [-0.15, -0.1) is 0 Å². The first-order valence-corrected chi connectivity index (χ1v) is 6.30. The Bertz CT molecular complexity index is 602. The summed E-state index contributed by atoms with van der Waals surface area (Å²) in [4.78, 5) is 14.3. The first-order valence-electron chi connectivity index (χ1n) is 6.30. The second-order valence-electron chi connectivity index (χ2n) is 4.19. The molecule has 6 heteroatoms. The Balaban J connectivity index is 2.13. The summed E-state index contributed by atoms with van der Waals surface area (Å²) < 4.78 is 5.58. The van der Waals surface area contributed by atoms with Crippen LogP contribution in [-0.2, 0) is 0 Å². The number of aromatic nitrogens is 1. The third kappa shape index (κ3) is 3.68. The lowest BCUT2D eigenvalue weighted by atomic mass is 10.3. The fourth-order valence-electron chi connectivity index (χ4n) is 1.64. The maximum absolute atomic E-state index is 10.7. The number of non-ortho nitro benzene ring substituents is 1. The summed E-state index contributed by atoms with van der Waals surface area (Å²) in [7, 11) is 0. The SMILES string of the molecule is CCCNc1cncc(Oc2cccc([N+](=O)[O-])c2)c1. The highest BCUT2D eigenvalue weighted by Crippen LogP contribution is 2.26. The highest BCUT2D eigenvalue weighted by molar-refractivity contribution is 5.47. The number of nitro benzene ring substituents is 1. The van der Waals surface area contributed by atoms with E-state index in [-0.39, 0.29) is 5.69 Å². The van der Waals surface area contributed by atoms with Crippen molar-refractivity contribution in [2.24, 2.45) is 0 Å². The first-order chi connectivity index (χ1) is 9.69. The normalized spacial score (nSPS) is 10.1. The minimum Gasteiger partial charge on any atom is -0.455 e. The van der Waals surface area contributed by atoms with Gasteiger partial charge in [0.15, 0.2) is 0 Å². The fourth-order valence-corrected chi connectivity index (χ4v) is 1.64. The molecular weight excluding hydrogens is 258 g/mol. The second kappa shape index (κ2) is 6.51. The van der Waals surface area contributed by atoms with E-state index in [9.17, 15) is 10.1 Å². The molecule has 6 nitrogen and oxygen atoms in total. The van der Waals surface area contributed by atoms with Crippen LogP contribution in [0.15, 0.2) is 42.7 Å². The Hall–Kier alpha value is -2.63. The van der Waals surface area contributed by atoms with Crippen molar-refractivity contribution < 1.29 is 9.66 Å². The molecule has 0 radical (unpaired) electrons. The molecule has 0 atom stereocenters. The zero-order valence-electron chi connectivity index (χ0n) is 11.1. The molecule has 0 aliphatic rings. The summed E-state index contributed by atoms with van der Waals surface area (Å²) in [6.07, 6.45) is 4.28. The molecule has 1 aromatic carbocycles. The van der Waals surface area contributed by atoms with Crippen molar-refractivity contribution in [2.45, 2.75) is 13.3 Å². The number of hydrogen-bond acceptors (Lipinski definition) is 5. The van der Waals surface area contributed by atoms with E-state index in [1.807, 2.05) is 6.07 Å². The third-order valence-corrected chi connectivity index (χ3v) is 2.56. The Morgan fingerprint density at radius 1 is 1.30 bits per heavy atom. The van der Waals surface area contributed by atoms with Gasteiger partial charge in [-0.3, -0.25) is 15.1 Å². The average molecular weight is 273 g/mol. The van der Waals surface area contributed by atoms with Gasteiger partial charge < -0.3 is 10.1 Å². The molecule has 0 spiro atoms. The van der Waals surface area contributed by atoms with E-state index >= 15 is 0 Å². The smallest absolute Gasteiger partial charge is 0.273 e. The fraction of sp³-hybridized carbons (Fsp3) is 0.214. The zero-order chi connectivity index (χ0) is 14.4. The van der Waals surface area contributed by atoms with Crippen LogP contribution in [0.1, 0.15) is 13.3 Å². The number of nitrogens with zero attached hydrogens (tertiary/aromatic N) is 2. The van der Waals surface area contributed by atoms with Gasteiger partial charge in [-0.1, -0.05) is 13.0 Å². The molecule has 0 saturated heterocycles. The predicted octanol–water partition coefficient (Wildman–Crippen LogP) is 3.60. The molecule has 0 saturated carbocycles. The van der Waals surface area contributed by atoms with Crippen molar-refractivity contribution in [1.29, 1.82) is 0 Å². The second-order valence-corrected chi connectivity index (χ2v) is 4.19. The van der Waals surface area contributed by atoms with Crippen LogP contribution in [0.25, 0.3) is 0 Å². The van der Waals surface area contributed by atoms with Crippen molar-refractivity contribution in [1.82, 2.24) is 4.98 Å². The number of hydrogen-bond donors (Lipinski definition) is 1. The molecule has 0 fully saturated rings. The van der Waals surface area contributed by atoms with Crippen LogP contribution in [0, 0.1) is 10.1 Å². The topological polar surface area (TPSA) is 77.3 Å². The summed E-state index contributed by atoms with van der Waals surface area (Å²) in [5, 5.41) is 13.9. The Labute approximate surface area is 116 Å². The van der Waals surface area contributed by atoms with Gasteiger partial charge in [0, 0.05) is 18.7 Å². The molecule has 104 valence electrons. The van der Waals surface area contributed by atoms with Crippen LogP contribution in [0.3, 0.4) is 0 Å². The number of anilines is 1. The zero-order valence-corrected chi connectivity index (χ0v) is 11.1. The first kappa shape index (κ1) is 13.8. The van der Waals surface area contributed by atoms with E-state index in [2.05, 4.69) is 17.2 Å². The lowest BCUT2D eigenvalue weighted by Crippen LogP contribution is -2.00. The molecule has 1 aromatic heterocycles. The van der Waals surface area contributed by atoms with Crippen molar-refractivity contribution in [3.8, 4) is 11.5 Å². The van der Waals surface area contributed by atoms with Gasteiger partial charge >= 0.3 is 0 Å². The summed E-state index contributed by atoms with van der Waals surface area (Å²) in [5.41, 5.74) is 0.852. The van der Waals surface area contributed by atoms with E-state index in [1.54, 1.807) is 24.5 Å². The number of ether oxygens (including phenoxy) is 1. The van der Waals surface area contributed by atoms with Crippen molar-refractivity contribution in [3.63, 3.8) is 0 Å². The molecule has 1 heterocycles.